The van der Waals surface area contributed by atoms with Crippen LogP contribution < -0.4 is 5.56 Å². The summed E-state index contributed by atoms with van der Waals surface area (Å²) in [5.41, 5.74) is 3.85. The molecule has 0 N–H and O–H groups in total. The van der Waals surface area contributed by atoms with E-state index in [0.717, 1.165) is 10.9 Å². The van der Waals surface area contributed by atoms with Crippen LogP contribution in [0, 0.1) is 18.3 Å². The first-order chi connectivity index (χ1) is 11.5. The molecule has 2 aromatic heterocycles. The lowest BCUT2D eigenvalue weighted by molar-refractivity contribution is 0.101. The zero-order chi connectivity index (χ0) is 17.0. The molecule has 1 aromatic carbocycles. The Labute approximate surface area is 137 Å². The normalized spacial score (nSPS) is 11.9. The van der Waals surface area contributed by atoms with Crippen LogP contribution in [0.1, 0.15) is 34.0 Å². The van der Waals surface area contributed by atoms with E-state index in [9.17, 15) is 14.9 Å². The zero-order valence-corrected chi connectivity index (χ0v) is 13.3. The maximum Gasteiger partial charge on any atom is 0.255 e. The van der Waals surface area contributed by atoms with E-state index in [4.69, 9.17) is 0 Å². The van der Waals surface area contributed by atoms with Gasteiger partial charge in [-0.15, -0.1) is 0 Å². The molecule has 0 unspecified atom stereocenters. The summed E-state index contributed by atoms with van der Waals surface area (Å²) in [6, 6.07) is 11.4. The zero-order valence-electron chi connectivity index (χ0n) is 13.3. The highest BCUT2D eigenvalue weighted by Crippen LogP contribution is 2.35. The molecule has 5 nitrogen and oxygen atoms in total. The lowest BCUT2D eigenvalue weighted by atomic mass is 10.0. The van der Waals surface area contributed by atoms with Crippen LogP contribution in [-0.2, 0) is 6.54 Å². The minimum atomic E-state index is -0.205. The third-order valence-electron chi connectivity index (χ3n) is 4.59. The minimum absolute atomic E-state index is 0.150. The summed E-state index contributed by atoms with van der Waals surface area (Å²) >= 11 is 0. The van der Waals surface area contributed by atoms with Crippen molar-refractivity contribution >= 4 is 16.7 Å². The van der Waals surface area contributed by atoms with Gasteiger partial charge in [0.15, 0.2) is 5.78 Å². The van der Waals surface area contributed by atoms with Gasteiger partial charge >= 0.3 is 0 Å². The average molecular weight is 315 g/mol. The van der Waals surface area contributed by atoms with Crippen molar-refractivity contribution in [1.82, 2.24) is 9.55 Å². The Balaban J connectivity index is 2.13. The third-order valence-corrected chi connectivity index (χ3v) is 4.59. The fraction of sp³-hybridized carbons (Fsp3) is 0.158. The summed E-state index contributed by atoms with van der Waals surface area (Å²) in [6.45, 7) is 3.41. The second-order valence-electron chi connectivity index (χ2n) is 5.96. The molecule has 0 spiro atoms. The number of nitrogens with zero attached hydrogens (tertiary/aromatic N) is 3. The van der Waals surface area contributed by atoms with Gasteiger partial charge in [-0.2, -0.15) is 5.26 Å². The van der Waals surface area contributed by atoms with Crippen LogP contribution in [0.15, 0.2) is 35.1 Å². The smallest absolute Gasteiger partial charge is 0.255 e. The molecule has 5 heteroatoms. The second-order valence-corrected chi connectivity index (χ2v) is 5.96. The number of nitriles is 1. The second kappa shape index (κ2) is 4.87. The largest absolute Gasteiger partial charge is 0.302 e. The quantitative estimate of drug-likeness (QED) is 0.506. The average Bonchev–Trinajstić information content (AvgIpc) is 2.94. The van der Waals surface area contributed by atoms with Gasteiger partial charge in [-0.1, -0.05) is 18.2 Å². The van der Waals surface area contributed by atoms with E-state index in [1.165, 1.54) is 6.92 Å². The van der Waals surface area contributed by atoms with Crippen LogP contribution in [0.3, 0.4) is 0 Å². The molecule has 0 atom stereocenters. The van der Waals surface area contributed by atoms with E-state index in [2.05, 4.69) is 11.1 Å². The van der Waals surface area contributed by atoms with Crippen molar-refractivity contribution in [2.45, 2.75) is 20.4 Å². The van der Waals surface area contributed by atoms with Crippen LogP contribution in [0.2, 0.25) is 0 Å². The number of hydrogen-bond acceptors (Lipinski definition) is 4. The summed E-state index contributed by atoms with van der Waals surface area (Å²) in [6.07, 6.45) is 0. The topological polar surface area (TPSA) is 75.8 Å². The number of rotatable bonds is 1. The summed E-state index contributed by atoms with van der Waals surface area (Å²) in [5.74, 6) is -0.150. The number of para-hydroxylation sites is 1. The Kier molecular flexibility index (Phi) is 2.91. The van der Waals surface area contributed by atoms with Crippen molar-refractivity contribution in [1.29, 1.82) is 5.26 Å². The van der Waals surface area contributed by atoms with Crippen LogP contribution >= 0.6 is 0 Å². The van der Waals surface area contributed by atoms with Crippen molar-refractivity contribution in [2.75, 3.05) is 0 Å². The van der Waals surface area contributed by atoms with E-state index in [-0.39, 0.29) is 11.3 Å². The Bertz CT molecular complexity index is 1150. The van der Waals surface area contributed by atoms with Crippen molar-refractivity contribution in [3.05, 3.63) is 62.9 Å². The number of ketones is 1. The maximum atomic E-state index is 12.6. The van der Waals surface area contributed by atoms with E-state index in [1.807, 2.05) is 24.3 Å². The fourth-order valence-corrected chi connectivity index (χ4v) is 3.37. The molecule has 0 radical (unpaired) electrons. The highest BCUT2D eigenvalue weighted by atomic mass is 16.1. The molecule has 3 heterocycles. The molecule has 0 saturated heterocycles. The lowest BCUT2D eigenvalue weighted by Gasteiger charge is -2.08. The fourth-order valence-electron chi connectivity index (χ4n) is 3.37. The Morgan fingerprint density at radius 2 is 2.08 bits per heavy atom. The van der Waals surface area contributed by atoms with Gasteiger partial charge in [0.05, 0.1) is 29.0 Å². The van der Waals surface area contributed by atoms with Gasteiger partial charge in [-0.3, -0.25) is 9.59 Å². The first-order valence-electron chi connectivity index (χ1n) is 7.60. The number of hydrogen-bond donors (Lipinski definition) is 0. The number of pyridine rings is 2. The standard InChI is InChI=1S/C19H13N3O2/c1-10-13(11(2)23)7-17-18-15(9-22(17)19(10)24)14(8-20)12-5-3-4-6-16(12)21-18/h3-7H,9H2,1-2H3. The number of benzene rings is 1. The van der Waals surface area contributed by atoms with Crippen molar-refractivity contribution < 1.29 is 4.79 Å². The molecule has 3 aromatic rings. The van der Waals surface area contributed by atoms with Crippen LogP contribution in [0.25, 0.3) is 22.3 Å². The van der Waals surface area contributed by atoms with Gasteiger partial charge in [0.1, 0.15) is 6.07 Å². The first-order valence-corrected chi connectivity index (χ1v) is 7.60. The van der Waals surface area contributed by atoms with Gasteiger partial charge in [-0.25, -0.2) is 4.98 Å². The van der Waals surface area contributed by atoms with Gasteiger partial charge < -0.3 is 4.57 Å². The minimum Gasteiger partial charge on any atom is -0.302 e. The van der Waals surface area contributed by atoms with Crippen molar-refractivity contribution in [2.24, 2.45) is 0 Å². The maximum absolute atomic E-state index is 12.6. The Morgan fingerprint density at radius 3 is 2.79 bits per heavy atom. The summed E-state index contributed by atoms with van der Waals surface area (Å²) in [5, 5.41) is 10.4. The Hall–Kier alpha value is -3.26. The van der Waals surface area contributed by atoms with Crippen LogP contribution in [-0.4, -0.2) is 15.3 Å². The third kappa shape index (κ3) is 1.77. The monoisotopic (exact) mass is 315 g/mol. The molecule has 1 aliphatic rings. The van der Waals surface area contributed by atoms with Crippen LogP contribution in [0.4, 0.5) is 0 Å². The molecule has 0 saturated carbocycles. The van der Waals surface area contributed by atoms with Crippen LogP contribution in [0.5, 0.6) is 0 Å². The SMILES string of the molecule is CC(=O)c1cc2n(c(=O)c1C)Cc1c-2nc2ccccc2c1C#N. The van der Waals surface area contributed by atoms with Crippen molar-refractivity contribution in [3.63, 3.8) is 0 Å². The number of carbonyl (C=O) groups excluding carboxylic acids is 1. The number of fused-ring (bicyclic) bond motifs is 4. The van der Waals surface area contributed by atoms with Gasteiger partial charge in [-0.05, 0) is 26.0 Å². The number of Topliss-reactive ketones (excluding diaryl/α,β-unsaturated/α-hetero) is 1. The molecule has 0 amide bonds. The van der Waals surface area contributed by atoms with E-state index >= 15 is 0 Å². The van der Waals surface area contributed by atoms with E-state index < -0.39 is 0 Å². The highest BCUT2D eigenvalue weighted by molar-refractivity contribution is 5.97. The van der Waals surface area contributed by atoms with E-state index in [1.54, 1.807) is 17.6 Å². The van der Waals surface area contributed by atoms with E-state index in [0.29, 0.717) is 40.1 Å². The molecule has 116 valence electrons. The number of carbonyl (C=O) groups is 1. The molecule has 4 rings (SSSR count). The molecular weight excluding hydrogens is 302 g/mol. The Morgan fingerprint density at radius 1 is 1.33 bits per heavy atom. The molecule has 1 aliphatic heterocycles. The summed E-state index contributed by atoms with van der Waals surface area (Å²) < 4.78 is 1.60. The van der Waals surface area contributed by atoms with Gasteiger partial charge in [0.2, 0.25) is 0 Å². The molecule has 0 fully saturated rings. The molecule has 24 heavy (non-hydrogen) atoms. The molecule has 0 bridgehead atoms. The highest BCUT2D eigenvalue weighted by Gasteiger charge is 2.27. The summed E-state index contributed by atoms with van der Waals surface area (Å²) in [7, 11) is 0. The van der Waals surface area contributed by atoms with Gasteiger partial charge in [0, 0.05) is 22.1 Å². The predicted octanol–water partition coefficient (Wildman–Crippen LogP) is 2.81. The number of aromatic nitrogens is 2. The summed E-state index contributed by atoms with van der Waals surface area (Å²) in [4.78, 5) is 29.1. The predicted molar refractivity (Wildman–Crippen MR) is 90.0 cm³/mol. The first kappa shape index (κ1) is 14.3. The molecule has 0 aliphatic carbocycles. The van der Waals surface area contributed by atoms with Crippen molar-refractivity contribution in [3.8, 4) is 17.5 Å². The lowest BCUT2D eigenvalue weighted by Crippen LogP contribution is -2.23. The van der Waals surface area contributed by atoms with Gasteiger partial charge in [0.25, 0.3) is 5.56 Å². The molecular formula is C19H13N3O2.